The molecule has 8 nitrogen and oxygen atoms in total. The van der Waals surface area contributed by atoms with Crippen molar-refractivity contribution in [2.75, 3.05) is 13.6 Å². The second-order valence-corrected chi connectivity index (χ2v) is 7.95. The summed E-state index contributed by atoms with van der Waals surface area (Å²) >= 11 is 6.10. The highest BCUT2D eigenvalue weighted by atomic mass is 35.5. The first-order valence-corrected chi connectivity index (χ1v) is 9.96. The number of aliphatic imine (C=N–C) groups is 1. The molecule has 0 saturated heterocycles. The molecule has 152 valence electrons. The van der Waals surface area contributed by atoms with Gasteiger partial charge in [0, 0.05) is 30.4 Å². The topological polar surface area (TPSA) is 106 Å². The van der Waals surface area contributed by atoms with E-state index >= 15 is 0 Å². The van der Waals surface area contributed by atoms with Gasteiger partial charge in [-0.25, -0.2) is 4.79 Å². The number of carbonyl (C=O) groups excluding carboxylic acids is 2. The van der Waals surface area contributed by atoms with Gasteiger partial charge in [0.2, 0.25) is 0 Å². The van der Waals surface area contributed by atoms with Gasteiger partial charge in [-0.05, 0) is 31.4 Å². The fourth-order valence-corrected chi connectivity index (χ4v) is 4.16. The molecule has 1 aromatic heterocycles. The lowest BCUT2D eigenvalue weighted by Crippen LogP contribution is -2.59. The van der Waals surface area contributed by atoms with Crippen LogP contribution in [0.4, 0.5) is 4.79 Å². The van der Waals surface area contributed by atoms with Crippen molar-refractivity contribution in [3.8, 4) is 11.3 Å². The van der Waals surface area contributed by atoms with Gasteiger partial charge in [0.1, 0.15) is 5.69 Å². The van der Waals surface area contributed by atoms with E-state index in [-0.39, 0.29) is 18.1 Å². The standard InChI is InChI=1S/C20H23ClN6O2/c1-23-12-20(6-3-7-20)24-19(29)26-8-9-27-15(11-26)16(18(22)28)17(25-27)13-4-2-5-14(21)10-13/h2,4-5,10,12H,3,6-9,11H2,1H3,(H2,22,28)(H,24,29). The Balaban J connectivity index is 1.62. The van der Waals surface area contributed by atoms with Crippen LogP contribution in [-0.2, 0) is 13.1 Å². The summed E-state index contributed by atoms with van der Waals surface area (Å²) in [5, 5.41) is 8.24. The summed E-state index contributed by atoms with van der Waals surface area (Å²) in [4.78, 5) is 30.9. The smallest absolute Gasteiger partial charge is 0.318 e. The van der Waals surface area contributed by atoms with Gasteiger partial charge in [-0.2, -0.15) is 5.10 Å². The minimum Gasteiger partial charge on any atom is -0.365 e. The number of aromatic nitrogens is 2. The zero-order valence-electron chi connectivity index (χ0n) is 16.2. The number of nitrogens with one attached hydrogen (secondary N) is 1. The highest BCUT2D eigenvalue weighted by Gasteiger charge is 2.39. The van der Waals surface area contributed by atoms with Gasteiger partial charge in [0.05, 0.1) is 29.9 Å². The molecule has 1 aliphatic carbocycles. The van der Waals surface area contributed by atoms with Gasteiger partial charge in [0.15, 0.2) is 0 Å². The third kappa shape index (κ3) is 3.60. The molecule has 4 rings (SSSR count). The van der Waals surface area contributed by atoms with Crippen LogP contribution in [0.15, 0.2) is 29.3 Å². The maximum atomic E-state index is 12.9. The lowest BCUT2D eigenvalue weighted by molar-refractivity contribution is 0.0997. The van der Waals surface area contributed by atoms with Gasteiger partial charge in [0.25, 0.3) is 5.91 Å². The SMILES string of the molecule is CN=CC1(NC(=O)N2CCn3nc(-c4cccc(Cl)c4)c(C(N)=O)c3C2)CCC1. The van der Waals surface area contributed by atoms with E-state index in [9.17, 15) is 9.59 Å². The van der Waals surface area contributed by atoms with E-state index in [2.05, 4.69) is 15.4 Å². The molecular formula is C20H23ClN6O2. The molecule has 2 heterocycles. The average Bonchev–Trinajstić information content (AvgIpc) is 3.05. The molecule has 29 heavy (non-hydrogen) atoms. The fourth-order valence-electron chi connectivity index (χ4n) is 3.97. The Labute approximate surface area is 173 Å². The Morgan fingerprint density at radius 1 is 1.34 bits per heavy atom. The number of urea groups is 1. The Bertz CT molecular complexity index is 995. The fraction of sp³-hybridized carbons (Fsp3) is 0.400. The van der Waals surface area contributed by atoms with Crippen LogP contribution in [0.2, 0.25) is 5.02 Å². The second-order valence-electron chi connectivity index (χ2n) is 7.52. The third-order valence-corrected chi connectivity index (χ3v) is 5.82. The van der Waals surface area contributed by atoms with Crippen LogP contribution >= 0.6 is 11.6 Å². The van der Waals surface area contributed by atoms with E-state index < -0.39 is 5.91 Å². The Morgan fingerprint density at radius 3 is 2.76 bits per heavy atom. The number of fused-ring (bicyclic) bond motifs is 1. The molecule has 3 N–H and O–H groups in total. The van der Waals surface area contributed by atoms with Crippen molar-refractivity contribution < 1.29 is 9.59 Å². The predicted molar refractivity (Wildman–Crippen MR) is 111 cm³/mol. The van der Waals surface area contributed by atoms with Crippen LogP contribution < -0.4 is 11.1 Å². The molecule has 3 amide bonds. The molecule has 9 heteroatoms. The molecule has 0 unspecified atom stereocenters. The number of hydrogen-bond donors (Lipinski definition) is 2. The zero-order valence-corrected chi connectivity index (χ0v) is 16.9. The van der Waals surface area contributed by atoms with Crippen LogP contribution in [-0.4, -0.2) is 52.0 Å². The first-order valence-electron chi connectivity index (χ1n) is 9.58. The van der Waals surface area contributed by atoms with Crippen molar-refractivity contribution in [1.82, 2.24) is 20.0 Å². The number of hydrogen-bond acceptors (Lipinski definition) is 4. The highest BCUT2D eigenvalue weighted by molar-refractivity contribution is 6.30. The summed E-state index contributed by atoms with van der Waals surface area (Å²) in [5.41, 5.74) is 7.51. The lowest BCUT2D eigenvalue weighted by atomic mass is 9.78. The third-order valence-electron chi connectivity index (χ3n) is 5.59. The van der Waals surface area contributed by atoms with Crippen LogP contribution in [0.5, 0.6) is 0 Å². The van der Waals surface area contributed by atoms with Crippen molar-refractivity contribution >= 4 is 29.8 Å². The zero-order chi connectivity index (χ0) is 20.6. The van der Waals surface area contributed by atoms with Crippen LogP contribution in [0.1, 0.15) is 35.3 Å². The van der Waals surface area contributed by atoms with Gasteiger partial charge in [-0.1, -0.05) is 23.7 Å². The van der Waals surface area contributed by atoms with E-state index in [1.165, 1.54) is 0 Å². The van der Waals surface area contributed by atoms with Crippen LogP contribution in [0.25, 0.3) is 11.3 Å². The quantitative estimate of drug-likeness (QED) is 0.750. The van der Waals surface area contributed by atoms with Crippen LogP contribution in [0.3, 0.4) is 0 Å². The van der Waals surface area contributed by atoms with Gasteiger partial charge in [-0.15, -0.1) is 0 Å². The Kier molecular flexibility index (Phi) is 5.04. The summed E-state index contributed by atoms with van der Waals surface area (Å²) in [5.74, 6) is -0.572. The summed E-state index contributed by atoms with van der Waals surface area (Å²) in [6.45, 7) is 1.24. The molecule has 0 spiro atoms. The van der Waals surface area contributed by atoms with Crippen molar-refractivity contribution in [3.63, 3.8) is 0 Å². The summed E-state index contributed by atoms with van der Waals surface area (Å²) in [6.07, 6.45) is 4.64. The van der Waals surface area contributed by atoms with Crippen molar-refractivity contribution in [1.29, 1.82) is 0 Å². The largest absolute Gasteiger partial charge is 0.365 e. The molecule has 1 aromatic carbocycles. The van der Waals surface area contributed by atoms with E-state index in [0.717, 1.165) is 24.8 Å². The number of nitrogens with zero attached hydrogens (tertiary/aromatic N) is 4. The summed E-state index contributed by atoms with van der Waals surface area (Å²) < 4.78 is 1.76. The monoisotopic (exact) mass is 414 g/mol. The molecule has 1 fully saturated rings. The minimum absolute atomic E-state index is 0.170. The number of benzene rings is 1. The molecule has 1 aliphatic heterocycles. The van der Waals surface area contributed by atoms with Crippen LogP contribution in [0, 0.1) is 0 Å². The molecule has 1 saturated carbocycles. The van der Waals surface area contributed by atoms with Crippen molar-refractivity contribution in [3.05, 3.63) is 40.5 Å². The number of nitrogens with two attached hydrogens (primary N) is 1. The maximum absolute atomic E-state index is 12.9. The van der Waals surface area contributed by atoms with Gasteiger partial charge in [-0.3, -0.25) is 14.5 Å². The molecule has 0 radical (unpaired) electrons. The molecule has 2 aliphatic rings. The van der Waals surface area contributed by atoms with E-state index in [1.807, 2.05) is 12.3 Å². The van der Waals surface area contributed by atoms with E-state index in [1.54, 1.807) is 34.8 Å². The number of rotatable bonds is 4. The van der Waals surface area contributed by atoms with Crippen molar-refractivity contribution in [2.24, 2.45) is 10.7 Å². The normalized spacial score (nSPS) is 17.7. The Morgan fingerprint density at radius 2 is 2.14 bits per heavy atom. The summed E-state index contributed by atoms with van der Waals surface area (Å²) in [7, 11) is 1.71. The van der Waals surface area contributed by atoms with E-state index in [4.69, 9.17) is 17.3 Å². The van der Waals surface area contributed by atoms with E-state index in [0.29, 0.717) is 35.1 Å². The molecule has 0 atom stereocenters. The molecule has 0 bridgehead atoms. The number of amides is 3. The van der Waals surface area contributed by atoms with Crippen molar-refractivity contribution in [2.45, 2.75) is 37.9 Å². The Hall–Kier alpha value is -2.87. The maximum Gasteiger partial charge on any atom is 0.318 e. The van der Waals surface area contributed by atoms with Gasteiger partial charge >= 0.3 is 6.03 Å². The molecular weight excluding hydrogens is 392 g/mol. The summed E-state index contributed by atoms with van der Waals surface area (Å²) in [6, 6.07) is 6.97. The van der Waals surface area contributed by atoms with Gasteiger partial charge < -0.3 is 16.0 Å². The second kappa shape index (κ2) is 7.51. The lowest BCUT2D eigenvalue weighted by Gasteiger charge is -2.41. The number of carbonyl (C=O) groups is 2. The highest BCUT2D eigenvalue weighted by Crippen LogP contribution is 2.32. The predicted octanol–water partition coefficient (Wildman–Crippen LogP) is 2.45. The minimum atomic E-state index is -0.572. The molecule has 2 aromatic rings. The number of halogens is 1. The first kappa shape index (κ1) is 19.4. The number of primary amides is 1. The first-order chi connectivity index (χ1) is 13.9. The average molecular weight is 415 g/mol.